The summed E-state index contributed by atoms with van der Waals surface area (Å²) in [4.78, 5) is 9.00. The molecular weight excluding hydrogens is 285 g/mol. The number of aryl methyl sites for hydroxylation is 2. The Morgan fingerprint density at radius 2 is 1.84 bits per heavy atom. The van der Waals surface area contributed by atoms with Gasteiger partial charge in [0.1, 0.15) is 0 Å². The van der Waals surface area contributed by atoms with E-state index in [1.165, 1.54) is 0 Å². The molecule has 19 heavy (non-hydrogen) atoms. The first kappa shape index (κ1) is 16.1. The van der Waals surface area contributed by atoms with Crippen LogP contribution >= 0.6 is 24.8 Å². The Morgan fingerprint density at radius 1 is 1.16 bits per heavy atom. The van der Waals surface area contributed by atoms with Crippen LogP contribution in [0.5, 0.6) is 0 Å². The number of hydrogen-bond donors (Lipinski definition) is 1. The van der Waals surface area contributed by atoms with E-state index in [4.69, 9.17) is 0 Å². The Morgan fingerprint density at radius 3 is 2.53 bits per heavy atom. The van der Waals surface area contributed by atoms with E-state index in [0.29, 0.717) is 5.92 Å². The van der Waals surface area contributed by atoms with Gasteiger partial charge in [0.05, 0.1) is 0 Å². The maximum atomic E-state index is 4.59. The van der Waals surface area contributed by atoms with Crippen molar-refractivity contribution in [2.75, 3.05) is 13.1 Å². The number of piperidine rings is 1. The summed E-state index contributed by atoms with van der Waals surface area (Å²) < 4.78 is 1.85. The lowest BCUT2D eigenvalue weighted by molar-refractivity contribution is 0.445. The summed E-state index contributed by atoms with van der Waals surface area (Å²) in [5.41, 5.74) is 2.10. The van der Waals surface area contributed by atoms with Gasteiger partial charge in [-0.05, 0) is 45.8 Å². The average Bonchev–Trinajstić information content (AvgIpc) is 2.74. The van der Waals surface area contributed by atoms with Crippen LogP contribution in [-0.2, 0) is 0 Å². The molecule has 0 aliphatic carbocycles. The zero-order chi connectivity index (χ0) is 11.8. The van der Waals surface area contributed by atoms with E-state index in [-0.39, 0.29) is 24.8 Å². The van der Waals surface area contributed by atoms with Crippen LogP contribution < -0.4 is 5.32 Å². The van der Waals surface area contributed by atoms with Crippen molar-refractivity contribution in [1.29, 1.82) is 0 Å². The number of fused-ring (bicyclic) bond motifs is 1. The zero-order valence-corrected chi connectivity index (χ0v) is 12.7. The van der Waals surface area contributed by atoms with Crippen LogP contribution in [0.1, 0.15) is 36.0 Å². The summed E-state index contributed by atoms with van der Waals surface area (Å²) in [5, 5.41) is 7.95. The van der Waals surface area contributed by atoms with Gasteiger partial charge in [0.25, 0.3) is 5.78 Å². The summed E-state index contributed by atoms with van der Waals surface area (Å²) in [7, 11) is 0. The van der Waals surface area contributed by atoms with Gasteiger partial charge in [-0.2, -0.15) is 4.98 Å². The molecule has 5 nitrogen and oxygen atoms in total. The fourth-order valence-corrected chi connectivity index (χ4v) is 2.43. The number of nitrogens with one attached hydrogen (secondary N) is 1. The maximum Gasteiger partial charge on any atom is 0.252 e. The van der Waals surface area contributed by atoms with Crippen LogP contribution in [0.15, 0.2) is 6.07 Å². The summed E-state index contributed by atoms with van der Waals surface area (Å²) in [6.07, 6.45) is 2.24. The van der Waals surface area contributed by atoms with Gasteiger partial charge < -0.3 is 5.32 Å². The van der Waals surface area contributed by atoms with Gasteiger partial charge in [-0.25, -0.2) is 9.50 Å². The van der Waals surface area contributed by atoms with Crippen molar-refractivity contribution in [1.82, 2.24) is 24.9 Å². The molecule has 1 aliphatic rings. The van der Waals surface area contributed by atoms with Crippen molar-refractivity contribution in [3.05, 3.63) is 23.3 Å². The summed E-state index contributed by atoms with van der Waals surface area (Å²) >= 11 is 0. The van der Waals surface area contributed by atoms with Crippen LogP contribution in [0.3, 0.4) is 0 Å². The lowest BCUT2D eigenvalue weighted by Crippen LogP contribution is -2.27. The van der Waals surface area contributed by atoms with Gasteiger partial charge in [-0.15, -0.1) is 29.9 Å². The quantitative estimate of drug-likeness (QED) is 0.876. The zero-order valence-electron chi connectivity index (χ0n) is 11.1. The number of hydrogen-bond acceptors (Lipinski definition) is 4. The topological polar surface area (TPSA) is 55.1 Å². The molecule has 0 radical (unpaired) electrons. The third-order valence-corrected chi connectivity index (χ3v) is 3.34. The van der Waals surface area contributed by atoms with E-state index < -0.39 is 0 Å². The lowest BCUT2D eigenvalue weighted by Gasteiger charge is -2.19. The van der Waals surface area contributed by atoms with E-state index in [2.05, 4.69) is 20.4 Å². The second-order valence-corrected chi connectivity index (χ2v) is 4.74. The van der Waals surface area contributed by atoms with E-state index in [1.54, 1.807) is 0 Å². The third-order valence-electron chi connectivity index (χ3n) is 3.34. The molecule has 3 heterocycles. The Balaban J connectivity index is 0.000000902. The molecule has 2 aromatic rings. The van der Waals surface area contributed by atoms with Crippen LogP contribution in [0.2, 0.25) is 0 Å². The van der Waals surface area contributed by atoms with E-state index >= 15 is 0 Å². The SMILES string of the molecule is Cc1cc(C)n2nc(C3CCNCC3)nc2n1.Cl.Cl. The van der Waals surface area contributed by atoms with Crippen LogP contribution in [0, 0.1) is 13.8 Å². The average molecular weight is 304 g/mol. The van der Waals surface area contributed by atoms with Gasteiger partial charge in [-0.1, -0.05) is 0 Å². The van der Waals surface area contributed by atoms with Crippen LogP contribution in [-0.4, -0.2) is 32.7 Å². The molecule has 2 aromatic heterocycles. The molecule has 0 atom stereocenters. The van der Waals surface area contributed by atoms with E-state index in [9.17, 15) is 0 Å². The first-order valence-corrected chi connectivity index (χ1v) is 6.15. The molecule has 0 bridgehead atoms. The summed E-state index contributed by atoms with van der Waals surface area (Å²) in [6.45, 7) is 6.16. The molecule has 0 unspecified atom stereocenters. The fourth-order valence-electron chi connectivity index (χ4n) is 2.43. The maximum absolute atomic E-state index is 4.59. The van der Waals surface area contributed by atoms with Gasteiger partial charge in [0.15, 0.2) is 5.82 Å². The highest BCUT2D eigenvalue weighted by Crippen LogP contribution is 2.22. The second-order valence-electron chi connectivity index (χ2n) is 4.74. The van der Waals surface area contributed by atoms with Crippen molar-refractivity contribution in [3.63, 3.8) is 0 Å². The lowest BCUT2D eigenvalue weighted by atomic mass is 9.98. The van der Waals surface area contributed by atoms with Gasteiger partial charge in [0.2, 0.25) is 0 Å². The molecule has 1 saturated heterocycles. The normalized spacial score (nSPS) is 15.9. The fraction of sp³-hybridized carbons (Fsp3) is 0.583. The summed E-state index contributed by atoms with van der Waals surface area (Å²) in [5.74, 6) is 2.17. The molecule has 106 valence electrons. The first-order valence-electron chi connectivity index (χ1n) is 6.15. The van der Waals surface area contributed by atoms with Crippen molar-refractivity contribution in [2.45, 2.75) is 32.6 Å². The van der Waals surface area contributed by atoms with Crippen LogP contribution in [0.25, 0.3) is 5.78 Å². The molecule has 0 spiro atoms. The standard InChI is InChI=1S/C12H17N5.2ClH/c1-8-7-9(2)17-12(14-8)15-11(16-17)10-3-5-13-6-4-10;;/h7,10,13H,3-6H2,1-2H3;2*1H. The largest absolute Gasteiger partial charge is 0.317 e. The Kier molecular flexibility index (Phi) is 5.52. The minimum atomic E-state index is 0. The number of rotatable bonds is 1. The van der Waals surface area contributed by atoms with Gasteiger partial charge >= 0.3 is 0 Å². The molecule has 1 aliphatic heterocycles. The molecule has 7 heteroatoms. The molecule has 0 aromatic carbocycles. The minimum absolute atomic E-state index is 0. The first-order chi connectivity index (χ1) is 8.24. The number of aromatic nitrogens is 4. The Hall–Kier alpha value is -0.910. The van der Waals surface area contributed by atoms with Crippen molar-refractivity contribution >= 4 is 30.6 Å². The van der Waals surface area contributed by atoms with E-state index in [1.807, 2.05) is 24.4 Å². The monoisotopic (exact) mass is 303 g/mol. The van der Waals surface area contributed by atoms with E-state index in [0.717, 1.165) is 48.9 Å². The number of nitrogens with zero attached hydrogens (tertiary/aromatic N) is 4. The number of halogens is 2. The van der Waals surface area contributed by atoms with Crippen molar-refractivity contribution in [3.8, 4) is 0 Å². The molecule has 1 fully saturated rings. The second kappa shape index (κ2) is 6.50. The molecule has 1 N–H and O–H groups in total. The van der Waals surface area contributed by atoms with Crippen molar-refractivity contribution in [2.24, 2.45) is 0 Å². The van der Waals surface area contributed by atoms with Gasteiger partial charge in [-0.3, -0.25) is 0 Å². The van der Waals surface area contributed by atoms with Crippen LogP contribution in [0.4, 0.5) is 0 Å². The Labute approximate surface area is 125 Å². The molecule has 0 amide bonds. The highest BCUT2D eigenvalue weighted by molar-refractivity contribution is 5.85. The smallest absolute Gasteiger partial charge is 0.252 e. The third kappa shape index (κ3) is 3.16. The highest BCUT2D eigenvalue weighted by Gasteiger charge is 2.20. The predicted octanol–water partition coefficient (Wildman–Crippen LogP) is 2.05. The molecular formula is C12H19Cl2N5. The molecule has 0 saturated carbocycles. The van der Waals surface area contributed by atoms with Gasteiger partial charge in [0, 0.05) is 17.3 Å². The predicted molar refractivity (Wildman–Crippen MR) is 79.6 cm³/mol. The molecule has 3 rings (SSSR count). The summed E-state index contributed by atoms with van der Waals surface area (Å²) in [6, 6.07) is 2.04. The minimum Gasteiger partial charge on any atom is -0.317 e. The Bertz CT molecular complexity index is 548. The highest BCUT2D eigenvalue weighted by atomic mass is 35.5. The van der Waals surface area contributed by atoms with Crippen molar-refractivity contribution < 1.29 is 0 Å².